The van der Waals surface area contributed by atoms with Gasteiger partial charge in [-0.3, -0.25) is 9.48 Å². The van der Waals surface area contributed by atoms with Crippen LogP contribution in [0.5, 0.6) is 0 Å². The number of hydrogen-bond acceptors (Lipinski definition) is 4. The third kappa shape index (κ3) is 3.81. The molecule has 7 nitrogen and oxygen atoms in total. The Morgan fingerprint density at radius 3 is 2.55 bits per heavy atom. The van der Waals surface area contributed by atoms with Crippen LogP contribution in [0.1, 0.15) is 27.2 Å². The fraction of sp³-hybridized carbons (Fsp3) is 0.238. The number of fused-ring (bicyclic) bond motifs is 1. The molecule has 1 aliphatic heterocycles. The lowest BCUT2D eigenvalue weighted by atomic mass is 10.0. The first-order valence-electron chi connectivity index (χ1n) is 9.33. The minimum atomic E-state index is -3.70. The van der Waals surface area contributed by atoms with E-state index in [0.717, 1.165) is 11.3 Å². The summed E-state index contributed by atoms with van der Waals surface area (Å²) in [4.78, 5) is 12.8. The van der Waals surface area contributed by atoms with Gasteiger partial charge in [0.25, 0.3) is 5.91 Å². The number of hydrogen-bond donors (Lipinski definition) is 1. The van der Waals surface area contributed by atoms with Gasteiger partial charge in [-0.05, 0) is 42.7 Å². The largest absolute Gasteiger partial charge is 0.307 e. The summed E-state index contributed by atoms with van der Waals surface area (Å²) in [6.07, 6.45) is 0.676. The topological polar surface area (TPSA) is 84.3 Å². The van der Waals surface area contributed by atoms with Crippen LogP contribution in [-0.2, 0) is 30.0 Å². The highest BCUT2D eigenvalue weighted by Gasteiger charge is 2.28. The Kier molecular flexibility index (Phi) is 4.97. The minimum absolute atomic E-state index is 0.116. The van der Waals surface area contributed by atoms with Crippen molar-refractivity contribution in [2.75, 3.05) is 11.9 Å². The van der Waals surface area contributed by atoms with Crippen molar-refractivity contribution in [3.05, 3.63) is 77.0 Å². The van der Waals surface area contributed by atoms with Crippen molar-refractivity contribution in [3.8, 4) is 0 Å². The molecule has 8 heteroatoms. The Balaban J connectivity index is 1.58. The second kappa shape index (κ2) is 7.46. The number of rotatable bonds is 4. The summed E-state index contributed by atoms with van der Waals surface area (Å²) in [7, 11) is -1.97. The highest BCUT2D eigenvalue weighted by molar-refractivity contribution is 7.89. The maximum atomic E-state index is 13.2. The first-order chi connectivity index (χ1) is 13.8. The van der Waals surface area contributed by atoms with Crippen LogP contribution >= 0.6 is 0 Å². The maximum Gasteiger partial charge on any atom is 0.256 e. The van der Waals surface area contributed by atoms with Crippen molar-refractivity contribution in [1.29, 1.82) is 0 Å². The predicted octanol–water partition coefficient (Wildman–Crippen LogP) is 2.73. The Labute approximate surface area is 170 Å². The summed E-state index contributed by atoms with van der Waals surface area (Å²) >= 11 is 0. The molecule has 0 saturated carbocycles. The molecule has 0 unspecified atom stereocenters. The molecule has 1 aliphatic rings. The third-order valence-electron chi connectivity index (χ3n) is 5.07. The van der Waals surface area contributed by atoms with Crippen LogP contribution in [0.15, 0.2) is 59.5 Å². The van der Waals surface area contributed by atoms with Crippen LogP contribution in [0.3, 0.4) is 0 Å². The van der Waals surface area contributed by atoms with E-state index in [1.165, 1.54) is 22.0 Å². The highest BCUT2D eigenvalue weighted by Crippen LogP contribution is 2.25. The van der Waals surface area contributed by atoms with E-state index in [2.05, 4.69) is 10.4 Å². The van der Waals surface area contributed by atoms with Gasteiger partial charge in [0.1, 0.15) is 5.82 Å². The molecule has 150 valence electrons. The van der Waals surface area contributed by atoms with E-state index < -0.39 is 10.0 Å². The number of aromatic nitrogens is 2. The van der Waals surface area contributed by atoms with E-state index in [4.69, 9.17) is 0 Å². The second-order valence-corrected chi connectivity index (χ2v) is 9.07. The van der Waals surface area contributed by atoms with Crippen molar-refractivity contribution < 1.29 is 13.2 Å². The predicted molar refractivity (Wildman–Crippen MR) is 110 cm³/mol. The summed E-state index contributed by atoms with van der Waals surface area (Å²) in [6, 6.07) is 15.8. The summed E-state index contributed by atoms with van der Waals surface area (Å²) in [5.41, 5.74) is 3.26. The number of carbonyl (C=O) groups is 1. The SMILES string of the molecule is Cc1cc(NC(=O)c2cccc(S(=O)(=O)N3CCc4ccccc4C3)c2)n(C)n1. The van der Waals surface area contributed by atoms with Gasteiger partial charge in [-0.15, -0.1) is 0 Å². The molecule has 1 aromatic heterocycles. The molecule has 4 rings (SSSR count). The Hall–Kier alpha value is -2.97. The quantitative estimate of drug-likeness (QED) is 0.717. The number of amides is 1. The number of nitrogens with zero attached hydrogens (tertiary/aromatic N) is 3. The lowest BCUT2D eigenvalue weighted by Gasteiger charge is -2.28. The number of aryl methyl sites for hydroxylation is 2. The molecule has 1 N–H and O–H groups in total. The van der Waals surface area contributed by atoms with E-state index >= 15 is 0 Å². The van der Waals surface area contributed by atoms with Crippen LogP contribution in [-0.4, -0.2) is 35.0 Å². The second-order valence-electron chi connectivity index (χ2n) is 7.13. The zero-order valence-electron chi connectivity index (χ0n) is 16.3. The van der Waals surface area contributed by atoms with Crippen molar-refractivity contribution in [2.24, 2.45) is 7.05 Å². The van der Waals surface area contributed by atoms with E-state index in [1.54, 1.807) is 29.9 Å². The molecular weight excluding hydrogens is 388 g/mol. The summed E-state index contributed by atoms with van der Waals surface area (Å²) < 4.78 is 29.4. The van der Waals surface area contributed by atoms with E-state index in [1.807, 2.05) is 31.2 Å². The fourth-order valence-corrected chi connectivity index (χ4v) is 5.00. The van der Waals surface area contributed by atoms with E-state index in [9.17, 15) is 13.2 Å². The van der Waals surface area contributed by atoms with Gasteiger partial charge in [0.05, 0.1) is 10.6 Å². The Bertz CT molecular complexity index is 1180. The van der Waals surface area contributed by atoms with Crippen molar-refractivity contribution in [1.82, 2.24) is 14.1 Å². The summed E-state index contributed by atoms with van der Waals surface area (Å²) in [6.45, 7) is 2.59. The van der Waals surface area contributed by atoms with Crippen molar-refractivity contribution >= 4 is 21.7 Å². The van der Waals surface area contributed by atoms with Gasteiger partial charge in [0, 0.05) is 31.8 Å². The van der Waals surface area contributed by atoms with Gasteiger partial charge in [-0.2, -0.15) is 9.40 Å². The third-order valence-corrected chi connectivity index (χ3v) is 6.91. The van der Waals surface area contributed by atoms with Crippen LogP contribution in [0.2, 0.25) is 0 Å². The van der Waals surface area contributed by atoms with Crippen LogP contribution in [0, 0.1) is 6.92 Å². The fourth-order valence-electron chi connectivity index (χ4n) is 3.54. The number of anilines is 1. The number of sulfonamides is 1. The molecule has 0 aliphatic carbocycles. The minimum Gasteiger partial charge on any atom is -0.307 e. The van der Waals surface area contributed by atoms with E-state index in [0.29, 0.717) is 25.3 Å². The molecular formula is C21H22N4O3S. The van der Waals surface area contributed by atoms with Gasteiger partial charge in [0.15, 0.2) is 0 Å². The summed E-state index contributed by atoms with van der Waals surface area (Å²) in [5.74, 6) is 0.169. The van der Waals surface area contributed by atoms with Gasteiger partial charge in [-0.1, -0.05) is 30.3 Å². The molecule has 0 bridgehead atoms. The molecule has 0 fully saturated rings. The lowest BCUT2D eigenvalue weighted by Crippen LogP contribution is -2.36. The van der Waals surface area contributed by atoms with E-state index in [-0.39, 0.29) is 16.4 Å². The molecule has 1 amide bonds. The first-order valence-corrected chi connectivity index (χ1v) is 10.8. The number of nitrogens with one attached hydrogen (secondary N) is 1. The Morgan fingerprint density at radius 1 is 1.07 bits per heavy atom. The molecule has 0 saturated heterocycles. The van der Waals surface area contributed by atoms with Crippen molar-refractivity contribution in [2.45, 2.75) is 24.8 Å². The number of benzene rings is 2. The van der Waals surface area contributed by atoms with Crippen LogP contribution < -0.4 is 5.32 Å². The van der Waals surface area contributed by atoms with Crippen LogP contribution in [0.4, 0.5) is 5.82 Å². The number of carbonyl (C=O) groups excluding carboxylic acids is 1. The Morgan fingerprint density at radius 2 is 1.83 bits per heavy atom. The smallest absolute Gasteiger partial charge is 0.256 e. The average Bonchev–Trinajstić information content (AvgIpc) is 3.04. The first kappa shape index (κ1) is 19.4. The van der Waals surface area contributed by atoms with Crippen LogP contribution in [0.25, 0.3) is 0 Å². The zero-order valence-corrected chi connectivity index (χ0v) is 17.1. The average molecular weight is 410 g/mol. The lowest BCUT2D eigenvalue weighted by molar-refractivity contribution is 0.102. The van der Waals surface area contributed by atoms with Gasteiger partial charge in [-0.25, -0.2) is 8.42 Å². The molecule has 0 atom stereocenters. The van der Waals surface area contributed by atoms with Gasteiger partial charge < -0.3 is 5.32 Å². The zero-order chi connectivity index (χ0) is 20.6. The molecule has 0 spiro atoms. The van der Waals surface area contributed by atoms with Gasteiger partial charge in [0.2, 0.25) is 10.0 Å². The molecule has 2 aromatic carbocycles. The molecule has 29 heavy (non-hydrogen) atoms. The summed E-state index contributed by atoms with van der Waals surface area (Å²) in [5, 5.41) is 6.97. The molecule has 0 radical (unpaired) electrons. The highest BCUT2D eigenvalue weighted by atomic mass is 32.2. The standard InChI is InChI=1S/C21H22N4O3S/c1-15-12-20(24(2)23-15)22-21(26)17-8-5-9-19(13-17)29(27,28)25-11-10-16-6-3-4-7-18(16)14-25/h3-9,12-13H,10-11,14H2,1-2H3,(H,22,26). The van der Waals surface area contributed by atoms with Crippen molar-refractivity contribution in [3.63, 3.8) is 0 Å². The monoisotopic (exact) mass is 410 g/mol. The molecule has 2 heterocycles. The normalized spacial score (nSPS) is 14.4. The maximum absolute atomic E-state index is 13.2. The van der Waals surface area contributed by atoms with Gasteiger partial charge >= 0.3 is 0 Å². The molecule has 3 aromatic rings.